The van der Waals surface area contributed by atoms with E-state index in [1.165, 1.54) is 0 Å². The Morgan fingerprint density at radius 3 is 2.93 bits per heavy atom. The predicted octanol–water partition coefficient (Wildman–Crippen LogP) is 1.51. The molecule has 2 aromatic carbocycles. The van der Waals surface area contributed by atoms with Crippen molar-refractivity contribution in [3.8, 4) is 0 Å². The molecular weight excluding hydrogens is 372 g/mol. The van der Waals surface area contributed by atoms with Gasteiger partial charge in [-0.15, -0.1) is 0 Å². The maximum Gasteiger partial charge on any atom is 0.254 e. The minimum absolute atomic E-state index is 0.0872. The molecule has 3 amide bonds. The maximum absolute atomic E-state index is 13.2. The van der Waals surface area contributed by atoms with Crippen molar-refractivity contribution in [2.75, 3.05) is 18.4 Å². The van der Waals surface area contributed by atoms with Crippen molar-refractivity contribution in [1.82, 2.24) is 15.2 Å². The molecule has 1 unspecified atom stereocenters. The molecule has 1 saturated heterocycles. The molecule has 29 heavy (non-hydrogen) atoms. The number of carbonyl (C=O) groups is 3. The van der Waals surface area contributed by atoms with E-state index in [2.05, 4.69) is 15.6 Å². The number of benzene rings is 2. The van der Waals surface area contributed by atoms with Crippen LogP contribution in [0, 0.1) is 0 Å². The fourth-order valence-electron chi connectivity index (χ4n) is 3.85. The lowest BCUT2D eigenvalue weighted by atomic mass is 10.0. The average Bonchev–Trinajstić information content (AvgIpc) is 3.29. The molecule has 1 fully saturated rings. The fraction of sp³-hybridized carbons (Fsp3) is 0.238. The number of rotatable bonds is 3. The number of carbonyl (C=O) groups excluding carboxylic acids is 3. The van der Waals surface area contributed by atoms with Crippen LogP contribution in [0.1, 0.15) is 21.8 Å². The summed E-state index contributed by atoms with van der Waals surface area (Å²) in [5.41, 5.74) is 3.31. The Kier molecular flexibility index (Phi) is 4.04. The van der Waals surface area contributed by atoms with Crippen LogP contribution >= 0.6 is 0 Å². The number of amides is 3. The summed E-state index contributed by atoms with van der Waals surface area (Å²) in [5.74, 6) is -0.172. The van der Waals surface area contributed by atoms with Crippen LogP contribution < -0.4 is 10.6 Å². The number of aromatic nitrogens is 1. The molecule has 2 N–H and O–H groups in total. The Bertz CT molecular complexity index is 1120. The SMILES string of the molecule is O=C1Cc2ccc(C(=O)N3CCNC(=O)C3Cc3nc4ccccc4o3)cc2N1. The molecule has 3 aromatic rings. The van der Waals surface area contributed by atoms with Gasteiger partial charge in [0.2, 0.25) is 11.8 Å². The first-order valence-electron chi connectivity index (χ1n) is 9.44. The molecule has 2 aliphatic heterocycles. The quantitative estimate of drug-likeness (QED) is 0.705. The van der Waals surface area contributed by atoms with Crippen molar-refractivity contribution < 1.29 is 18.8 Å². The third-order valence-corrected chi connectivity index (χ3v) is 5.28. The maximum atomic E-state index is 13.2. The lowest BCUT2D eigenvalue weighted by Crippen LogP contribution is -2.58. The lowest BCUT2D eigenvalue weighted by Gasteiger charge is -2.34. The minimum atomic E-state index is -0.716. The summed E-state index contributed by atoms with van der Waals surface area (Å²) >= 11 is 0. The van der Waals surface area contributed by atoms with Crippen molar-refractivity contribution in [2.45, 2.75) is 18.9 Å². The highest BCUT2D eigenvalue weighted by atomic mass is 16.3. The zero-order chi connectivity index (χ0) is 20.0. The summed E-state index contributed by atoms with van der Waals surface area (Å²) < 4.78 is 5.75. The van der Waals surface area contributed by atoms with Gasteiger partial charge in [0, 0.05) is 24.3 Å². The van der Waals surface area contributed by atoms with Gasteiger partial charge in [-0.2, -0.15) is 0 Å². The second-order valence-electron chi connectivity index (χ2n) is 7.18. The first-order chi connectivity index (χ1) is 14.1. The Morgan fingerprint density at radius 1 is 1.21 bits per heavy atom. The highest BCUT2D eigenvalue weighted by molar-refractivity contribution is 6.03. The molecule has 0 bridgehead atoms. The van der Waals surface area contributed by atoms with Gasteiger partial charge in [0.15, 0.2) is 11.5 Å². The summed E-state index contributed by atoms with van der Waals surface area (Å²) in [7, 11) is 0. The number of nitrogens with one attached hydrogen (secondary N) is 2. The molecule has 2 aliphatic rings. The van der Waals surface area contributed by atoms with E-state index in [0.717, 1.165) is 5.56 Å². The van der Waals surface area contributed by atoms with Gasteiger partial charge >= 0.3 is 0 Å². The Balaban J connectivity index is 1.42. The van der Waals surface area contributed by atoms with E-state index in [4.69, 9.17) is 4.42 Å². The van der Waals surface area contributed by atoms with E-state index in [9.17, 15) is 14.4 Å². The van der Waals surface area contributed by atoms with E-state index < -0.39 is 6.04 Å². The fourth-order valence-corrected chi connectivity index (χ4v) is 3.85. The van der Waals surface area contributed by atoms with Crippen LogP contribution in [0.25, 0.3) is 11.1 Å². The van der Waals surface area contributed by atoms with Crippen LogP contribution in [0.4, 0.5) is 5.69 Å². The predicted molar refractivity (Wildman–Crippen MR) is 104 cm³/mol. The molecule has 0 saturated carbocycles. The third-order valence-electron chi connectivity index (χ3n) is 5.28. The van der Waals surface area contributed by atoms with Crippen LogP contribution in [0.3, 0.4) is 0 Å². The van der Waals surface area contributed by atoms with Crippen LogP contribution in [0.5, 0.6) is 0 Å². The summed E-state index contributed by atoms with van der Waals surface area (Å²) in [6.07, 6.45) is 0.504. The average molecular weight is 390 g/mol. The molecule has 1 aromatic heterocycles. The van der Waals surface area contributed by atoms with Gasteiger partial charge in [-0.25, -0.2) is 4.98 Å². The van der Waals surface area contributed by atoms with E-state index in [1.807, 2.05) is 24.3 Å². The number of piperazine rings is 1. The Hall–Kier alpha value is -3.68. The molecule has 5 rings (SSSR count). The van der Waals surface area contributed by atoms with Gasteiger partial charge in [0.25, 0.3) is 5.91 Å². The van der Waals surface area contributed by atoms with Gasteiger partial charge in [0.05, 0.1) is 12.8 Å². The number of anilines is 1. The van der Waals surface area contributed by atoms with Crippen molar-refractivity contribution in [2.24, 2.45) is 0 Å². The zero-order valence-electron chi connectivity index (χ0n) is 15.5. The van der Waals surface area contributed by atoms with Crippen molar-refractivity contribution in [3.63, 3.8) is 0 Å². The summed E-state index contributed by atoms with van der Waals surface area (Å²) in [6.45, 7) is 0.773. The smallest absolute Gasteiger partial charge is 0.254 e. The molecule has 146 valence electrons. The number of nitrogens with zero attached hydrogens (tertiary/aromatic N) is 2. The Labute approximate surface area is 165 Å². The number of fused-ring (bicyclic) bond motifs is 2. The molecule has 0 spiro atoms. The molecule has 3 heterocycles. The topological polar surface area (TPSA) is 105 Å². The number of para-hydroxylation sites is 2. The van der Waals surface area contributed by atoms with Gasteiger partial charge < -0.3 is 20.0 Å². The molecule has 8 heteroatoms. The lowest BCUT2D eigenvalue weighted by molar-refractivity contribution is -0.128. The van der Waals surface area contributed by atoms with E-state index in [0.29, 0.717) is 47.8 Å². The van der Waals surface area contributed by atoms with Gasteiger partial charge in [-0.3, -0.25) is 14.4 Å². The number of hydrogen-bond acceptors (Lipinski definition) is 5. The van der Waals surface area contributed by atoms with Crippen LogP contribution in [0.2, 0.25) is 0 Å². The van der Waals surface area contributed by atoms with Gasteiger partial charge in [0.1, 0.15) is 11.6 Å². The third kappa shape index (κ3) is 3.12. The van der Waals surface area contributed by atoms with Gasteiger partial charge in [-0.05, 0) is 29.8 Å². The molecule has 0 radical (unpaired) electrons. The van der Waals surface area contributed by atoms with Crippen molar-refractivity contribution in [1.29, 1.82) is 0 Å². The van der Waals surface area contributed by atoms with Crippen LogP contribution in [-0.4, -0.2) is 46.7 Å². The zero-order valence-corrected chi connectivity index (χ0v) is 15.5. The van der Waals surface area contributed by atoms with E-state index in [-0.39, 0.29) is 24.1 Å². The normalized spacial score (nSPS) is 18.5. The van der Waals surface area contributed by atoms with Gasteiger partial charge in [-0.1, -0.05) is 18.2 Å². The second kappa shape index (κ2) is 6.73. The Morgan fingerprint density at radius 2 is 2.07 bits per heavy atom. The molecular formula is C21H18N4O4. The summed E-state index contributed by atoms with van der Waals surface area (Å²) in [6, 6.07) is 11.8. The number of oxazole rings is 1. The highest BCUT2D eigenvalue weighted by Gasteiger charge is 2.35. The standard InChI is InChI=1S/C21H18N4O4/c26-18-10-12-5-6-13(9-15(12)23-18)21(28)25-8-7-22-20(27)16(25)11-19-24-14-3-1-2-4-17(14)29-19/h1-6,9,16H,7-8,10-11H2,(H,22,27)(H,23,26). The first-order valence-corrected chi connectivity index (χ1v) is 9.44. The largest absolute Gasteiger partial charge is 0.441 e. The van der Waals surface area contributed by atoms with Crippen LogP contribution in [0.15, 0.2) is 46.9 Å². The highest BCUT2D eigenvalue weighted by Crippen LogP contribution is 2.26. The van der Waals surface area contributed by atoms with E-state index in [1.54, 1.807) is 23.1 Å². The minimum Gasteiger partial charge on any atom is -0.441 e. The van der Waals surface area contributed by atoms with E-state index >= 15 is 0 Å². The first kappa shape index (κ1) is 17.4. The molecule has 1 atom stereocenters. The van der Waals surface area contributed by atoms with Crippen molar-refractivity contribution >= 4 is 34.5 Å². The second-order valence-corrected chi connectivity index (χ2v) is 7.18. The molecule has 0 aliphatic carbocycles. The molecule has 8 nitrogen and oxygen atoms in total. The number of hydrogen-bond donors (Lipinski definition) is 2. The monoisotopic (exact) mass is 390 g/mol. The summed E-state index contributed by atoms with van der Waals surface area (Å²) in [4.78, 5) is 43.3. The summed E-state index contributed by atoms with van der Waals surface area (Å²) in [5, 5.41) is 5.57. The van der Waals surface area contributed by atoms with Crippen molar-refractivity contribution in [3.05, 3.63) is 59.5 Å². The van der Waals surface area contributed by atoms with Crippen LogP contribution in [-0.2, 0) is 22.4 Å².